The van der Waals surface area contributed by atoms with Gasteiger partial charge in [-0.3, -0.25) is 9.88 Å². The molecule has 2 aliphatic rings. The molecule has 1 aromatic heterocycles. The lowest BCUT2D eigenvalue weighted by Crippen LogP contribution is -2.29. The summed E-state index contributed by atoms with van der Waals surface area (Å²) in [7, 11) is 0. The summed E-state index contributed by atoms with van der Waals surface area (Å²) in [6, 6.07) is 20.6. The lowest BCUT2D eigenvalue weighted by Gasteiger charge is -2.27. The molecule has 0 aliphatic carbocycles. The third-order valence-electron chi connectivity index (χ3n) is 10.1. The average molecular weight is 693 g/mol. The minimum Gasteiger partial charge on any atom is -0.490 e. The highest BCUT2D eigenvalue weighted by atomic mass is 35.5. The molecular weight excluding hydrogens is 644 g/mol. The van der Waals surface area contributed by atoms with Gasteiger partial charge in [0.15, 0.2) is 0 Å². The smallest absolute Gasteiger partial charge is 0.142 e. The highest BCUT2D eigenvalue weighted by Gasteiger charge is 2.19. The van der Waals surface area contributed by atoms with Crippen LogP contribution in [0.3, 0.4) is 0 Å². The third kappa shape index (κ3) is 9.17. The number of hydrogen-bond acceptors (Lipinski definition) is 7. The molecule has 2 aliphatic heterocycles. The molecule has 8 heteroatoms. The molecule has 0 N–H and O–H groups in total. The van der Waals surface area contributed by atoms with Gasteiger partial charge >= 0.3 is 0 Å². The van der Waals surface area contributed by atoms with Crippen molar-refractivity contribution < 1.29 is 14.2 Å². The quantitative estimate of drug-likeness (QED) is 0.130. The fourth-order valence-corrected chi connectivity index (χ4v) is 7.30. The highest BCUT2D eigenvalue weighted by molar-refractivity contribution is 6.32. The maximum Gasteiger partial charge on any atom is 0.142 e. The van der Waals surface area contributed by atoms with Gasteiger partial charge in [-0.05, 0) is 125 Å². The summed E-state index contributed by atoms with van der Waals surface area (Å²) in [6.07, 6.45) is 10.7. The summed E-state index contributed by atoms with van der Waals surface area (Å²) >= 11 is 6.89. The molecule has 0 bridgehead atoms. The topological polar surface area (TPSA) is 70.8 Å². The standard InChI is InChI=1S/C42H49ClN4O3/c1-30(15-20-46-16-7-8-17-46)50-40-14-10-13-38(32(40)3)37-12-9-11-35(31(37)2)29-49-42-23-41(48-28-34-21-33(24-44)25-45-26-34)36(22-39(42)43)27-47-18-5-4-6-19-47/h9-14,21-23,25-26,30H,4-8,15-20,27-29H2,1-3H3/t30-/m1/s1. The van der Waals surface area contributed by atoms with E-state index in [1.165, 1.54) is 56.3 Å². The van der Waals surface area contributed by atoms with Gasteiger partial charge in [-0.15, -0.1) is 0 Å². The predicted octanol–water partition coefficient (Wildman–Crippen LogP) is 9.29. The monoisotopic (exact) mass is 692 g/mol. The maximum atomic E-state index is 9.33. The van der Waals surface area contributed by atoms with Gasteiger partial charge in [0.25, 0.3) is 0 Å². The van der Waals surface area contributed by atoms with Gasteiger partial charge in [-0.25, -0.2) is 0 Å². The first-order chi connectivity index (χ1) is 24.4. The molecule has 3 heterocycles. The highest BCUT2D eigenvalue weighted by Crippen LogP contribution is 2.37. The molecule has 262 valence electrons. The van der Waals surface area contributed by atoms with Gasteiger partial charge in [0.1, 0.15) is 36.5 Å². The summed E-state index contributed by atoms with van der Waals surface area (Å²) < 4.78 is 19.3. The number of likely N-dealkylation sites (tertiary alicyclic amines) is 2. The van der Waals surface area contributed by atoms with Crippen LogP contribution in [0.2, 0.25) is 5.02 Å². The second kappa shape index (κ2) is 17.2. The normalized spacial score (nSPS) is 15.8. The van der Waals surface area contributed by atoms with Gasteiger partial charge < -0.3 is 19.1 Å². The number of ether oxygens (including phenoxy) is 3. The molecule has 2 fully saturated rings. The Kier molecular flexibility index (Phi) is 12.3. The second-order valence-corrected chi connectivity index (χ2v) is 14.2. The van der Waals surface area contributed by atoms with E-state index in [2.05, 4.69) is 78.0 Å². The van der Waals surface area contributed by atoms with Gasteiger partial charge in [0.05, 0.1) is 16.7 Å². The van der Waals surface area contributed by atoms with Crippen molar-refractivity contribution in [1.29, 1.82) is 5.26 Å². The van der Waals surface area contributed by atoms with E-state index in [1.807, 2.05) is 12.1 Å². The van der Waals surface area contributed by atoms with Crippen LogP contribution in [0.5, 0.6) is 17.2 Å². The molecule has 0 spiro atoms. The van der Waals surface area contributed by atoms with Crippen LogP contribution < -0.4 is 14.2 Å². The van der Waals surface area contributed by atoms with Crippen molar-refractivity contribution in [3.63, 3.8) is 0 Å². The van der Waals surface area contributed by atoms with Crippen LogP contribution in [0.4, 0.5) is 0 Å². The fourth-order valence-electron chi connectivity index (χ4n) is 7.06. The molecule has 6 rings (SSSR count). The Morgan fingerprint density at radius 3 is 2.26 bits per heavy atom. The number of nitrogens with zero attached hydrogens (tertiary/aromatic N) is 4. The summed E-state index contributed by atoms with van der Waals surface area (Å²) in [4.78, 5) is 9.19. The summed E-state index contributed by atoms with van der Waals surface area (Å²) in [5.74, 6) is 2.24. The lowest BCUT2D eigenvalue weighted by molar-refractivity contribution is 0.186. The van der Waals surface area contributed by atoms with E-state index in [4.69, 9.17) is 25.8 Å². The Labute approximate surface area is 302 Å². The van der Waals surface area contributed by atoms with E-state index in [-0.39, 0.29) is 12.7 Å². The first kappa shape index (κ1) is 35.7. The Balaban J connectivity index is 1.18. The Hall–Kier alpha value is -4.09. The molecular formula is C42H49ClN4O3. The number of halogens is 1. The molecule has 0 unspecified atom stereocenters. The van der Waals surface area contributed by atoms with Crippen molar-refractivity contribution in [3.8, 4) is 34.4 Å². The van der Waals surface area contributed by atoms with Crippen molar-refractivity contribution in [2.45, 2.75) is 85.2 Å². The maximum absolute atomic E-state index is 9.33. The van der Waals surface area contributed by atoms with Crippen LogP contribution >= 0.6 is 11.6 Å². The summed E-state index contributed by atoms with van der Waals surface area (Å²) in [6.45, 7) is 13.5. The molecule has 3 aromatic carbocycles. The zero-order chi connectivity index (χ0) is 34.9. The van der Waals surface area contributed by atoms with Crippen LogP contribution in [0.15, 0.2) is 67.0 Å². The Morgan fingerprint density at radius 1 is 0.780 bits per heavy atom. The zero-order valence-corrected chi connectivity index (χ0v) is 30.5. The number of piperidine rings is 1. The van der Waals surface area contributed by atoms with E-state index in [1.54, 1.807) is 18.5 Å². The second-order valence-electron chi connectivity index (χ2n) is 13.8. The number of hydrogen-bond donors (Lipinski definition) is 0. The van der Waals surface area contributed by atoms with Crippen molar-refractivity contribution in [3.05, 3.63) is 105 Å². The van der Waals surface area contributed by atoms with Gasteiger partial charge in [0.2, 0.25) is 0 Å². The van der Waals surface area contributed by atoms with Crippen LogP contribution in [-0.2, 0) is 19.8 Å². The summed E-state index contributed by atoms with van der Waals surface area (Å²) in [5, 5.41) is 9.89. The molecule has 1 atom stereocenters. The van der Waals surface area contributed by atoms with Crippen LogP contribution in [0.1, 0.15) is 78.8 Å². The fraction of sp³-hybridized carbons (Fsp3) is 0.429. The summed E-state index contributed by atoms with van der Waals surface area (Å²) in [5.41, 5.74) is 8.09. The van der Waals surface area contributed by atoms with Crippen molar-refractivity contribution in [2.24, 2.45) is 0 Å². The molecule has 7 nitrogen and oxygen atoms in total. The third-order valence-corrected chi connectivity index (χ3v) is 10.4. The molecule has 0 saturated carbocycles. The minimum absolute atomic E-state index is 0.148. The van der Waals surface area contributed by atoms with Crippen LogP contribution in [-0.4, -0.2) is 53.6 Å². The Morgan fingerprint density at radius 2 is 1.48 bits per heavy atom. The first-order valence-corrected chi connectivity index (χ1v) is 18.5. The number of rotatable bonds is 14. The van der Waals surface area contributed by atoms with E-state index >= 15 is 0 Å². The van der Waals surface area contributed by atoms with E-state index in [0.29, 0.717) is 22.9 Å². The lowest BCUT2D eigenvalue weighted by atomic mass is 9.93. The van der Waals surface area contributed by atoms with Gasteiger partial charge in [0, 0.05) is 42.7 Å². The number of benzene rings is 3. The largest absolute Gasteiger partial charge is 0.490 e. The number of nitriles is 1. The molecule has 0 radical (unpaired) electrons. The predicted molar refractivity (Wildman–Crippen MR) is 200 cm³/mol. The minimum atomic E-state index is 0.148. The van der Waals surface area contributed by atoms with E-state index in [9.17, 15) is 5.26 Å². The van der Waals surface area contributed by atoms with Crippen molar-refractivity contribution in [2.75, 3.05) is 32.7 Å². The van der Waals surface area contributed by atoms with Crippen molar-refractivity contribution in [1.82, 2.24) is 14.8 Å². The first-order valence-electron chi connectivity index (χ1n) is 18.1. The van der Waals surface area contributed by atoms with Crippen LogP contribution in [0.25, 0.3) is 11.1 Å². The van der Waals surface area contributed by atoms with Crippen molar-refractivity contribution >= 4 is 11.6 Å². The average Bonchev–Trinajstić information content (AvgIpc) is 3.66. The number of pyridine rings is 1. The molecule has 50 heavy (non-hydrogen) atoms. The number of aromatic nitrogens is 1. The van der Waals surface area contributed by atoms with E-state index < -0.39 is 0 Å². The van der Waals surface area contributed by atoms with Gasteiger partial charge in [-0.1, -0.05) is 48.4 Å². The van der Waals surface area contributed by atoms with Crippen LogP contribution in [0, 0.1) is 25.2 Å². The molecule has 2 saturated heterocycles. The Bertz CT molecular complexity index is 1790. The SMILES string of the molecule is Cc1c(COc2cc(OCc3cncc(C#N)c3)c(CN3CCCCC3)cc2Cl)cccc1-c1cccc(O[C@H](C)CCN2CCCC2)c1C. The van der Waals surface area contributed by atoms with E-state index in [0.717, 1.165) is 71.9 Å². The zero-order valence-electron chi connectivity index (χ0n) is 29.7. The molecule has 4 aromatic rings. The molecule has 0 amide bonds. The van der Waals surface area contributed by atoms with Gasteiger partial charge in [-0.2, -0.15) is 5.26 Å².